The van der Waals surface area contributed by atoms with Crippen molar-refractivity contribution in [2.75, 3.05) is 13.7 Å². The third kappa shape index (κ3) is 4.21. The van der Waals surface area contributed by atoms with E-state index in [1.807, 2.05) is 0 Å². The molecule has 1 rings (SSSR count). The highest BCUT2D eigenvalue weighted by molar-refractivity contribution is 6.31. The smallest absolute Gasteiger partial charge is 0.127 e. The first kappa shape index (κ1) is 15.4. The Morgan fingerprint density at radius 1 is 1.50 bits per heavy atom. The van der Waals surface area contributed by atoms with Gasteiger partial charge in [-0.05, 0) is 30.9 Å². The Morgan fingerprint density at radius 2 is 2.22 bits per heavy atom. The number of hydrogen-bond acceptors (Lipinski definition) is 3. The average molecular weight is 275 g/mol. The first-order valence-electron chi connectivity index (χ1n) is 5.98. The van der Waals surface area contributed by atoms with Crippen LogP contribution in [0.4, 0.5) is 4.39 Å². The molecule has 0 bridgehead atoms. The van der Waals surface area contributed by atoms with Gasteiger partial charge >= 0.3 is 0 Å². The molecule has 0 fully saturated rings. The number of ether oxygens (including phenoxy) is 1. The zero-order chi connectivity index (χ0) is 13.5. The maximum absolute atomic E-state index is 13.7. The topological polar surface area (TPSA) is 47.3 Å². The van der Waals surface area contributed by atoms with Crippen molar-refractivity contribution in [2.45, 2.75) is 25.8 Å². The molecule has 0 radical (unpaired) electrons. The second-order valence-corrected chi connectivity index (χ2v) is 4.84. The highest BCUT2D eigenvalue weighted by Crippen LogP contribution is 2.23. The summed E-state index contributed by atoms with van der Waals surface area (Å²) in [6.07, 6.45) is 1.32. The lowest BCUT2D eigenvalue weighted by molar-refractivity contribution is 0.170. The summed E-state index contributed by atoms with van der Waals surface area (Å²) in [6.45, 7) is 2.71. The molecule has 102 valence electrons. The fourth-order valence-corrected chi connectivity index (χ4v) is 2.12. The molecule has 0 aliphatic carbocycles. The number of benzene rings is 1. The van der Waals surface area contributed by atoms with Crippen LogP contribution in [0.5, 0.6) is 0 Å². The molecule has 1 aromatic rings. The van der Waals surface area contributed by atoms with Crippen LogP contribution in [0, 0.1) is 11.7 Å². The van der Waals surface area contributed by atoms with E-state index in [1.54, 1.807) is 19.2 Å². The van der Waals surface area contributed by atoms with E-state index < -0.39 is 0 Å². The molecule has 0 aliphatic heterocycles. The summed E-state index contributed by atoms with van der Waals surface area (Å²) in [5.41, 5.74) is 3.24. The van der Waals surface area contributed by atoms with Gasteiger partial charge in [0, 0.05) is 30.3 Å². The van der Waals surface area contributed by atoms with Gasteiger partial charge in [-0.15, -0.1) is 0 Å². The fraction of sp³-hybridized carbons (Fsp3) is 0.538. The number of nitrogens with two attached hydrogens (primary N) is 1. The summed E-state index contributed by atoms with van der Waals surface area (Å²) in [4.78, 5) is 0. The largest absolute Gasteiger partial charge is 0.385 e. The molecule has 3 nitrogen and oxygen atoms in total. The average Bonchev–Trinajstić information content (AvgIpc) is 2.35. The molecule has 1 aromatic carbocycles. The van der Waals surface area contributed by atoms with Gasteiger partial charge in [0.25, 0.3) is 0 Å². The monoisotopic (exact) mass is 274 g/mol. The van der Waals surface area contributed by atoms with Crippen molar-refractivity contribution in [3.63, 3.8) is 0 Å². The summed E-state index contributed by atoms with van der Waals surface area (Å²) >= 11 is 6.01. The molecule has 0 aromatic heterocycles. The lowest BCUT2D eigenvalue weighted by Gasteiger charge is -2.23. The van der Waals surface area contributed by atoms with E-state index in [1.165, 1.54) is 6.07 Å². The zero-order valence-corrected chi connectivity index (χ0v) is 11.5. The Bertz CT molecular complexity index is 356. The molecule has 0 saturated heterocycles. The van der Waals surface area contributed by atoms with Crippen LogP contribution in [0.3, 0.4) is 0 Å². The molecule has 0 aliphatic rings. The van der Waals surface area contributed by atoms with E-state index in [9.17, 15) is 4.39 Å². The van der Waals surface area contributed by atoms with Gasteiger partial charge < -0.3 is 4.74 Å². The number of hydrogen-bond donors (Lipinski definition) is 2. The van der Waals surface area contributed by atoms with Gasteiger partial charge in [-0.1, -0.05) is 24.6 Å². The summed E-state index contributed by atoms with van der Waals surface area (Å²) in [7, 11) is 1.66. The molecule has 0 saturated carbocycles. The van der Waals surface area contributed by atoms with Crippen molar-refractivity contribution in [1.82, 2.24) is 5.43 Å². The van der Waals surface area contributed by atoms with Gasteiger partial charge in [0.1, 0.15) is 5.82 Å². The molecule has 18 heavy (non-hydrogen) atoms. The Balaban J connectivity index is 2.73. The second-order valence-electron chi connectivity index (χ2n) is 4.44. The summed E-state index contributed by atoms with van der Waals surface area (Å²) in [5.74, 6) is 5.52. The van der Waals surface area contributed by atoms with Gasteiger partial charge in [0.2, 0.25) is 0 Å². The van der Waals surface area contributed by atoms with Crippen LogP contribution < -0.4 is 11.3 Å². The van der Waals surface area contributed by atoms with Crippen LogP contribution in [0.15, 0.2) is 18.2 Å². The number of nitrogens with one attached hydrogen (secondary N) is 1. The van der Waals surface area contributed by atoms with Crippen LogP contribution in [-0.4, -0.2) is 19.8 Å². The minimum Gasteiger partial charge on any atom is -0.385 e. The van der Waals surface area contributed by atoms with E-state index >= 15 is 0 Å². The maximum atomic E-state index is 13.7. The number of hydrazine groups is 1. The Morgan fingerprint density at radius 3 is 2.78 bits per heavy atom. The molecule has 5 heteroatoms. The first-order chi connectivity index (χ1) is 8.60. The highest BCUT2D eigenvalue weighted by atomic mass is 35.5. The fourth-order valence-electron chi connectivity index (χ4n) is 1.88. The van der Waals surface area contributed by atoms with E-state index in [0.29, 0.717) is 23.6 Å². The van der Waals surface area contributed by atoms with Crippen LogP contribution in [0.25, 0.3) is 0 Å². The standard InChI is InChI=1S/C13H20ClFN2O/c1-9(6-7-18-2)13(17-16)8-10-11(14)4-3-5-12(10)15/h3-5,9,13,17H,6-8,16H2,1-2H3. The molecule has 0 heterocycles. The van der Waals surface area contributed by atoms with Gasteiger partial charge in [-0.25, -0.2) is 4.39 Å². The Kier molecular flexibility index (Phi) is 6.57. The second kappa shape index (κ2) is 7.69. The normalized spacial score (nSPS) is 14.5. The zero-order valence-electron chi connectivity index (χ0n) is 10.7. The van der Waals surface area contributed by atoms with Crippen molar-refractivity contribution in [3.8, 4) is 0 Å². The van der Waals surface area contributed by atoms with E-state index in [0.717, 1.165) is 6.42 Å². The van der Waals surface area contributed by atoms with Gasteiger partial charge in [0.05, 0.1) is 0 Å². The van der Waals surface area contributed by atoms with Crippen molar-refractivity contribution < 1.29 is 9.13 Å². The molecular formula is C13H20ClFN2O. The van der Waals surface area contributed by atoms with Crippen molar-refractivity contribution in [1.29, 1.82) is 0 Å². The third-order valence-corrected chi connectivity index (χ3v) is 3.52. The third-order valence-electron chi connectivity index (χ3n) is 3.16. The predicted octanol–water partition coefficient (Wildman–Crippen LogP) is 2.53. The number of halogens is 2. The maximum Gasteiger partial charge on any atom is 0.127 e. The van der Waals surface area contributed by atoms with E-state index in [-0.39, 0.29) is 17.8 Å². The Labute approximate surface area is 112 Å². The predicted molar refractivity (Wildman–Crippen MR) is 71.9 cm³/mol. The van der Waals surface area contributed by atoms with Gasteiger partial charge in [-0.2, -0.15) is 0 Å². The minimum absolute atomic E-state index is 0.0328. The summed E-state index contributed by atoms with van der Waals surface area (Å²) in [5, 5.41) is 0.439. The SMILES string of the molecule is COCCC(C)C(Cc1c(F)cccc1Cl)NN. The molecule has 2 unspecified atom stereocenters. The number of rotatable bonds is 7. The number of methoxy groups -OCH3 is 1. The highest BCUT2D eigenvalue weighted by Gasteiger charge is 2.19. The first-order valence-corrected chi connectivity index (χ1v) is 6.35. The molecule has 0 spiro atoms. The van der Waals surface area contributed by atoms with Crippen LogP contribution in [-0.2, 0) is 11.2 Å². The summed E-state index contributed by atoms with van der Waals surface area (Å²) in [6, 6.07) is 4.66. The van der Waals surface area contributed by atoms with Crippen LogP contribution in [0.2, 0.25) is 5.02 Å². The summed E-state index contributed by atoms with van der Waals surface area (Å²) < 4.78 is 18.7. The lowest BCUT2D eigenvalue weighted by Crippen LogP contribution is -2.42. The van der Waals surface area contributed by atoms with Crippen molar-refractivity contribution >= 4 is 11.6 Å². The molecule has 0 amide bonds. The van der Waals surface area contributed by atoms with Gasteiger partial charge in [-0.3, -0.25) is 11.3 Å². The van der Waals surface area contributed by atoms with Crippen molar-refractivity contribution in [3.05, 3.63) is 34.6 Å². The van der Waals surface area contributed by atoms with E-state index in [4.69, 9.17) is 22.2 Å². The molecule has 3 N–H and O–H groups in total. The van der Waals surface area contributed by atoms with Crippen LogP contribution >= 0.6 is 11.6 Å². The quantitative estimate of drug-likeness (QED) is 0.593. The van der Waals surface area contributed by atoms with Crippen LogP contribution in [0.1, 0.15) is 18.9 Å². The molecular weight excluding hydrogens is 255 g/mol. The van der Waals surface area contributed by atoms with E-state index in [2.05, 4.69) is 12.3 Å². The lowest BCUT2D eigenvalue weighted by atomic mass is 9.93. The Hall–Kier alpha value is -0.680. The van der Waals surface area contributed by atoms with Crippen molar-refractivity contribution in [2.24, 2.45) is 11.8 Å². The minimum atomic E-state index is -0.290. The van der Waals surface area contributed by atoms with Gasteiger partial charge in [0.15, 0.2) is 0 Å². The molecule has 2 atom stereocenters.